The first-order chi connectivity index (χ1) is 9.95. The first-order valence-electron chi connectivity index (χ1n) is 7.29. The van der Waals surface area contributed by atoms with Gasteiger partial charge in [-0.3, -0.25) is 0 Å². The molecule has 1 aromatic heterocycles. The summed E-state index contributed by atoms with van der Waals surface area (Å²) in [5, 5.41) is 8.24. The van der Waals surface area contributed by atoms with E-state index in [4.69, 9.17) is 16.1 Å². The zero-order valence-electron chi connectivity index (χ0n) is 12.9. The minimum absolute atomic E-state index is 0.0345. The summed E-state index contributed by atoms with van der Waals surface area (Å²) in [6.07, 6.45) is 0.923. The Balaban J connectivity index is 1.91. The van der Waals surface area contributed by atoms with Crippen molar-refractivity contribution in [3.63, 3.8) is 0 Å². The fraction of sp³-hybridized carbons (Fsp3) is 0.500. The number of rotatable bonds is 6. The molecule has 21 heavy (non-hydrogen) atoms. The van der Waals surface area contributed by atoms with Gasteiger partial charge in [0.25, 0.3) is 0 Å². The summed E-state index contributed by atoms with van der Waals surface area (Å²) in [5.41, 5.74) is 1.25. The van der Waals surface area contributed by atoms with Crippen LogP contribution in [0.1, 0.15) is 56.9 Å². The van der Waals surface area contributed by atoms with E-state index in [1.54, 1.807) is 0 Å². The summed E-state index contributed by atoms with van der Waals surface area (Å²) >= 11 is 5.90. The Labute approximate surface area is 130 Å². The van der Waals surface area contributed by atoms with Crippen molar-refractivity contribution in [1.82, 2.24) is 15.5 Å². The molecule has 0 spiro atoms. The molecular weight excluding hydrogens is 286 g/mol. The lowest BCUT2D eigenvalue weighted by molar-refractivity contribution is 0.323. The lowest BCUT2D eigenvalue weighted by atomic mass is 10.1. The summed E-state index contributed by atoms with van der Waals surface area (Å²) in [6.45, 7) is 8.28. The van der Waals surface area contributed by atoms with Crippen LogP contribution in [0.2, 0.25) is 5.02 Å². The molecule has 2 aromatic rings. The number of halogens is 1. The Morgan fingerprint density at radius 3 is 2.38 bits per heavy atom. The normalized spacial score (nSPS) is 14.4. The van der Waals surface area contributed by atoms with Crippen molar-refractivity contribution in [2.24, 2.45) is 0 Å². The minimum Gasteiger partial charge on any atom is -0.338 e. The molecule has 0 saturated carbocycles. The SMILES string of the molecule is CC(C)c1noc([C@H](C)N[C@@H](C)Cc2ccc(Cl)cc2)n1. The van der Waals surface area contributed by atoms with E-state index in [1.165, 1.54) is 5.56 Å². The minimum atomic E-state index is 0.0345. The van der Waals surface area contributed by atoms with Crippen molar-refractivity contribution in [1.29, 1.82) is 0 Å². The quantitative estimate of drug-likeness (QED) is 0.872. The van der Waals surface area contributed by atoms with Crippen LogP contribution in [-0.4, -0.2) is 16.2 Å². The van der Waals surface area contributed by atoms with Gasteiger partial charge in [-0.2, -0.15) is 4.98 Å². The van der Waals surface area contributed by atoms with E-state index < -0.39 is 0 Å². The molecule has 4 nitrogen and oxygen atoms in total. The van der Waals surface area contributed by atoms with Crippen LogP contribution in [-0.2, 0) is 6.42 Å². The van der Waals surface area contributed by atoms with Gasteiger partial charge in [-0.15, -0.1) is 0 Å². The lowest BCUT2D eigenvalue weighted by Gasteiger charge is -2.17. The maximum absolute atomic E-state index is 5.90. The van der Waals surface area contributed by atoms with Gasteiger partial charge in [0.15, 0.2) is 5.82 Å². The van der Waals surface area contributed by atoms with Crippen LogP contribution in [0.15, 0.2) is 28.8 Å². The molecule has 1 N–H and O–H groups in total. The molecule has 2 atom stereocenters. The zero-order chi connectivity index (χ0) is 15.4. The van der Waals surface area contributed by atoms with E-state index in [0.717, 1.165) is 17.3 Å². The topological polar surface area (TPSA) is 51.0 Å². The van der Waals surface area contributed by atoms with Crippen molar-refractivity contribution < 1.29 is 4.52 Å². The summed E-state index contributed by atoms with van der Waals surface area (Å²) in [5.74, 6) is 1.67. The van der Waals surface area contributed by atoms with Crippen LogP contribution in [0.25, 0.3) is 0 Å². The standard InChI is InChI=1S/C16H22ClN3O/c1-10(2)15-19-16(21-20-15)12(4)18-11(3)9-13-5-7-14(17)8-6-13/h5-8,10-12,18H,9H2,1-4H3/t11-,12-/m0/s1. The van der Waals surface area contributed by atoms with Gasteiger partial charge in [-0.05, 0) is 38.0 Å². The molecule has 0 amide bonds. The molecule has 114 valence electrons. The molecule has 0 saturated heterocycles. The third-order valence-corrected chi connectivity index (χ3v) is 3.59. The maximum atomic E-state index is 5.90. The summed E-state index contributed by atoms with van der Waals surface area (Å²) in [4.78, 5) is 4.42. The van der Waals surface area contributed by atoms with Crippen LogP contribution < -0.4 is 5.32 Å². The summed E-state index contributed by atoms with van der Waals surface area (Å²) in [6, 6.07) is 8.27. The van der Waals surface area contributed by atoms with Crippen molar-refractivity contribution >= 4 is 11.6 Å². The number of hydrogen-bond donors (Lipinski definition) is 1. The number of nitrogens with zero attached hydrogens (tertiary/aromatic N) is 2. The maximum Gasteiger partial charge on any atom is 0.243 e. The second kappa shape index (κ2) is 7.05. The van der Waals surface area contributed by atoms with Crippen molar-refractivity contribution in [2.75, 3.05) is 0 Å². The van der Waals surface area contributed by atoms with Gasteiger partial charge < -0.3 is 9.84 Å². The molecule has 1 aromatic carbocycles. The van der Waals surface area contributed by atoms with Gasteiger partial charge >= 0.3 is 0 Å². The third kappa shape index (κ3) is 4.55. The van der Waals surface area contributed by atoms with Crippen LogP contribution in [0.5, 0.6) is 0 Å². The smallest absolute Gasteiger partial charge is 0.243 e. The zero-order valence-corrected chi connectivity index (χ0v) is 13.7. The number of hydrogen-bond acceptors (Lipinski definition) is 4. The van der Waals surface area contributed by atoms with Gasteiger partial charge in [-0.1, -0.05) is 42.7 Å². The largest absolute Gasteiger partial charge is 0.338 e. The van der Waals surface area contributed by atoms with Crippen molar-refractivity contribution in [3.8, 4) is 0 Å². The molecule has 2 rings (SSSR count). The fourth-order valence-electron chi connectivity index (χ4n) is 2.19. The Morgan fingerprint density at radius 1 is 1.14 bits per heavy atom. The van der Waals surface area contributed by atoms with E-state index in [2.05, 4.69) is 48.4 Å². The summed E-state index contributed by atoms with van der Waals surface area (Å²) in [7, 11) is 0. The molecule has 0 unspecified atom stereocenters. The van der Waals surface area contributed by atoms with Crippen LogP contribution in [0.4, 0.5) is 0 Å². The number of nitrogens with one attached hydrogen (secondary N) is 1. The summed E-state index contributed by atoms with van der Waals surface area (Å²) < 4.78 is 5.31. The second-order valence-electron chi connectivity index (χ2n) is 5.77. The highest BCUT2D eigenvalue weighted by Gasteiger charge is 2.17. The van der Waals surface area contributed by atoms with E-state index in [9.17, 15) is 0 Å². The Morgan fingerprint density at radius 2 is 1.81 bits per heavy atom. The van der Waals surface area contributed by atoms with Gasteiger partial charge in [0.05, 0.1) is 6.04 Å². The average Bonchev–Trinajstić information content (AvgIpc) is 2.91. The van der Waals surface area contributed by atoms with Crippen molar-refractivity contribution in [3.05, 3.63) is 46.6 Å². The van der Waals surface area contributed by atoms with Crippen LogP contribution >= 0.6 is 11.6 Å². The Kier molecular flexibility index (Phi) is 5.37. The first-order valence-corrected chi connectivity index (χ1v) is 7.67. The van der Waals surface area contributed by atoms with E-state index in [-0.39, 0.29) is 12.0 Å². The molecule has 0 fully saturated rings. The monoisotopic (exact) mass is 307 g/mol. The highest BCUT2D eigenvalue weighted by Crippen LogP contribution is 2.16. The predicted octanol–water partition coefficient (Wildman–Crippen LogP) is 4.13. The van der Waals surface area contributed by atoms with Crippen LogP contribution in [0, 0.1) is 0 Å². The second-order valence-corrected chi connectivity index (χ2v) is 6.20. The van der Waals surface area contributed by atoms with E-state index >= 15 is 0 Å². The number of benzene rings is 1. The highest BCUT2D eigenvalue weighted by molar-refractivity contribution is 6.30. The van der Waals surface area contributed by atoms with E-state index in [0.29, 0.717) is 11.9 Å². The van der Waals surface area contributed by atoms with Gasteiger partial charge in [-0.25, -0.2) is 0 Å². The molecular formula is C16H22ClN3O. The molecule has 0 bridgehead atoms. The van der Waals surface area contributed by atoms with Crippen LogP contribution in [0.3, 0.4) is 0 Å². The molecule has 0 aliphatic rings. The average molecular weight is 308 g/mol. The van der Waals surface area contributed by atoms with Gasteiger partial charge in [0, 0.05) is 17.0 Å². The molecule has 0 radical (unpaired) electrons. The Hall–Kier alpha value is -1.39. The third-order valence-electron chi connectivity index (χ3n) is 3.33. The van der Waals surface area contributed by atoms with E-state index in [1.807, 2.05) is 19.1 Å². The van der Waals surface area contributed by atoms with Gasteiger partial charge in [0.1, 0.15) is 0 Å². The molecule has 0 aliphatic heterocycles. The first kappa shape index (κ1) is 16.0. The fourth-order valence-corrected chi connectivity index (χ4v) is 2.31. The molecule has 1 heterocycles. The molecule has 5 heteroatoms. The lowest BCUT2D eigenvalue weighted by Crippen LogP contribution is -2.30. The van der Waals surface area contributed by atoms with Crippen molar-refractivity contribution in [2.45, 2.75) is 52.1 Å². The molecule has 0 aliphatic carbocycles. The highest BCUT2D eigenvalue weighted by atomic mass is 35.5. The predicted molar refractivity (Wildman–Crippen MR) is 84.6 cm³/mol. The van der Waals surface area contributed by atoms with Gasteiger partial charge in [0.2, 0.25) is 5.89 Å². The Bertz CT molecular complexity index is 565. The number of aromatic nitrogens is 2.